The van der Waals surface area contributed by atoms with Crippen molar-refractivity contribution < 1.29 is 29.5 Å². The first-order chi connectivity index (χ1) is 7.50. The highest BCUT2D eigenvalue weighted by Crippen LogP contribution is 2.35. The number of rotatable bonds is 1. The molecule has 0 spiro atoms. The van der Waals surface area contributed by atoms with E-state index in [2.05, 4.69) is 0 Å². The van der Waals surface area contributed by atoms with Crippen molar-refractivity contribution in [2.75, 3.05) is 6.61 Å². The SMILES string of the molecule is C[C@]1(C#N)O[C@@H]2O[C@H](CO)[C@@H](O)[C@H](O)[C@@H]2O1. The summed E-state index contributed by atoms with van der Waals surface area (Å²) in [4.78, 5) is 0. The Kier molecular flexibility index (Phi) is 2.88. The van der Waals surface area contributed by atoms with Gasteiger partial charge < -0.3 is 29.5 Å². The molecule has 2 fully saturated rings. The van der Waals surface area contributed by atoms with Gasteiger partial charge >= 0.3 is 0 Å². The molecular formula is C9H13NO6. The van der Waals surface area contributed by atoms with Gasteiger partial charge in [-0.25, -0.2) is 0 Å². The van der Waals surface area contributed by atoms with Crippen molar-refractivity contribution in [2.45, 2.75) is 43.4 Å². The summed E-state index contributed by atoms with van der Waals surface area (Å²) in [6.45, 7) is 0.940. The van der Waals surface area contributed by atoms with Crippen LogP contribution in [0.3, 0.4) is 0 Å². The minimum atomic E-state index is -1.50. The fourth-order valence-electron chi connectivity index (χ4n) is 1.84. The van der Waals surface area contributed by atoms with E-state index in [1.165, 1.54) is 6.92 Å². The van der Waals surface area contributed by atoms with Gasteiger partial charge in [0.25, 0.3) is 5.79 Å². The number of nitrogens with zero attached hydrogens (tertiary/aromatic N) is 1. The third-order valence-corrected chi connectivity index (χ3v) is 2.73. The summed E-state index contributed by atoms with van der Waals surface area (Å²) in [6, 6.07) is 1.79. The van der Waals surface area contributed by atoms with E-state index in [-0.39, 0.29) is 0 Å². The Bertz CT molecular complexity index is 318. The second kappa shape index (κ2) is 3.92. The highest BCUT2D eigenvalue weighted by atomic mass is 16.8. The van der Waals surface area contributed by atoms with Crippen LogP contribution in [0.1, 0.15) is 6.92 Å². The third kappa shape index (κ3) is 1.69. The summed E-state index contributed by atoms with van der Waals surface area (Å²) in [5.74, 6) is -1.50. The summed E-state index contributed by atoms with van der Waals surface area (Å²) in [5, 5.41) is 37.0. The van der Waals surface area contributed by atoms with Crippen LogP contribution in [0, 0.1) is 11.3 Å². The van der Waals surface area contributed by atoms with Crippen molar-refractivity contribution in [2.24, 2.45) is 0 Å². The predicted octanol–water partition coefficient (Wildman–Crippen LogP) is -1.92. The van der Waals surface area contributed by atoms with Gasteiger partial charge in [0.2, 0.25) is 0 Å². The number of aliphatic hydroxyl groups excluding tert-OH is 3. The number of hydrogen-bond donors (Lipinski definition) is 3. The van der Waals surface area contributed by atoms with Gasteiger partial charge in [0.1, 0.15) is 30.5 Å². The second-order valence-corrected chi connectivity index (χ2v) is 3.96. The first-order valence-corrected chi connectivity index (χ1v) is 4.90. The maximum atomic E-state index is 9.72. The Morgan fingerprint density at radius 3 is 2.56 bits per heavy atom. The number of aliphatic hydroxyl groups is 3. The molecule has 3 N–H and O–H groups in total. The molecule has 7 nitrogen and oxygen atoms in total. The van der Waals surface area contributed by atoms with Crippen molar-refractivity contribution >= 4 is 0 Å². The smallest absolute Gasteiger partial charge is 0.259 e. The first-order valence-electron chi connectivity index (χ1n) is 4.90. The van der Waals surface area contributed by atoms with Crippen LogP contribution in [0.25, 0.3) is 0 Å². The van der Waals surface area contributed by atoms with E-state index >= 15 is 0 Å². The molecule has 0 unspecified atom stereocenters. The lowest BCUT2D eigenvalue weighted by molar-refractivity contribution is -0.254. The Balaban J connectivity index is 2.17. The van der Waals surface area contributed by atoms with E-state index in [1.54, 1.807) is 6.07 Å². The largest absolute Gasteiger partial charge is 0.394 e. The first kappa shape index (κ1) is 11.7. The third-order valence-electron chi connectivity index (χ3n) is 2.73. The van der Waals surface area contributed by atoms with E-state index in [1.807, 2.05) is 0 Å². The maximum Gasteiger partial charge on any atom is 0.259 e. The zero-order chi connectivity index (χ0) is 11.9. The van der Waals surface area contributed by atoms with Crippen LogP contribution in [-0.2, 0) is 14.2 Å². The van der Waals surface area contributed by atoms with Crippen molar-refractivity contribution in [1.29, 1.82) is 5.26 Å². The summed E-state index contributed by atoms with van der Waals surface area (Å²) in [5.41, 5.74) is 0. The predicted molar refractivity (Wildman–Crippen MR) is 47.7 cm³/mol. The number of ether oxygens (including phenoxy) is 3. The molecular weight excluding hydrogens is 218 g/mol. The lowest BCUT2D eigenvalue weighted by atomic mass is 9.99. The molecule has 0 aromatic rings. The van der Waals surface area contributed by atoms with Crippen LogP contribution in [0.15, 0.2) is 0 Å². The molecule has 0 bridgehead atoms. The topological polar surface area (TPSA) is 112 Å². The van der Waals surface area contributed by atoms with E-state index < -0.39 is 43.1 Å². The van der Waals surface area contributed by atoms with Crippen LogP contribution >= 0.6 is 0 Å². The molecule has 0 saturated carbocycles. The van der Waals surface area contributed by atoms with E-state index in [9.17, 15) is 10.2 Å². The molecule has 0 aromatic heterocycles. The van der Waals surface area contributed by atoms with E-state index in [4.69, 9.17) is 24.6 Å². The van der Waals surface area contributed by atoms with Gasteiger partial charge in [-0.15, -0.1) is 0 Å². The zero-order valence-electron chi connectivity index (χ0n) is 8.61. The maximum absolute atomic E-state index is 9.72. The average Bonchev–Trinajstić information content (AvgIpc) is 2.62. The van der Waals surface area contributed by atoms with E-state index in [0.29, 0.717) is 0 Å². The minimum absolute atomic E-state index is 0.450. The average molecular weight is 231 g/mol. The van der Waals surface area contributed by atoms with Crippen molar-refractivity contribution in [3.8, 4) is 6.07 Å². The standard InChI is InChI=1S/C9H13NO6/c1-9(3-10)15-7-6(13)5(12)4(2-11)14-8(7)16-9/h4-8,11-13H,2H2,1H3/t4-,5-,6+,7+,8+,9-/m1/s1. The van der Waals surface area contributed by atoms with E-state index in [0.717, 1.165) is 0 Å². The Morgan fingerprint density at radius 2 is 2.00 bits per heavy atom. The van der Waals surface area contributed by atoms with Gasteiger partial charge in [-0.3, -0.25) is 0 Å². The van der Waals surface area contributed by atoms with Gasteiger partial charge in [-0.1, -0.05) is 0 Å². The number of hydrogen-bond acceptors (Lipinski definition) is 7. The number of fused-ring (bicyclic) bond motifs is 1. The van der Waals surface area contributed by atoms with Crippen molar-refractivity contribution in [3.05, 3.63) is 0 Å². The van der Waals surface area contributed by atoms with Gasteiger partial charge in [0.05, 0.1) is 6.61 Å². The zero-order valence-corrected chi connectivity index (χ0v) is 8.61. The highest BCUT2D eigenvalue weighted by Gasteiger charge is 2.55. The van der Waals surface area contributed by atoms with Crippen molar-refractivity contribution in [3.63, 3.8) is 0 Å². The molecule has 2 heterocycles. The van der Waals surface area contributed by atoms with Gasteiger partial charge in [-0.2, -0.15) is 5.26 Å². The summed E-state index contributed by atoms with van der Waals surface area (Å²) < 4.78 is 15.5. The summed E-state index contributed by atoms with van der Waals surface area (Å²) in [7, 11) is 0. The lowest BCUT2D eigenvalue weighted by Crippen LogP contribution is -2.57. The van der Waals surface area contributed by atoms with Crippen LogP contribution < -0.4 is 0 Å². The molecule has 16 heavy (non-hydrogen) atoms. The molecule has 2 saturated heterocycles. The highest BCUT2D eigenvalue weighted by molar-refractivity contribution is 5.01. The normalized spacial score (nSPS) is 52.1. The molecule has 2 aliphatic rings. The van der Waals surface area contributed by atoms with Crippen LogP contribution in [0.5, 0.6) is 0 Å². The molecule has 90 valence electrons. The molecule has 0 aromatic carbocycles. The molecule has 2 rings (SSSR count). The molecule has 6 atom stereocenters. The number of nitriles is 1. The van der Waals surface area contributed by atoms with Crippen LogP contribution in [0.4, 0.5) is 0 Å². The Labute approximate surface area is 91.8 Å². The second-order valence-electron chi connectivity index (χ2n) is 3.96. The molecule has 2 aliphatic heterocycles. The molecule has 0 aliphatic carbocycles. The fraction of sp³-hybridized carbons (Fsp3) is 0.889. The van der Waals surface area contributed by atoms with Gasteiger partial charge in [-0.05, 0) is 0 Å². The monoisotopic (exact) mass is 231 g/mol. The lowest BCUT2D eigenvalue weighted by Gasteiger charge is -2.36. The van der Waals surface area contributed by atoms with Crippen LogP contribution in [0.2, 0.25) is 0 Å². The Morgan fingerprint density at radius 1 is 1.31 bits per heavy atom. The van der Waals surface area contributed by atoms with Gasteiger partial charge in [0, 0.05) is 6.92 Å². The van der Waals surface area contributed by atoms with Gasteiger partial charge in [0.15, 0.2) is 6.29 Å². The summed E-state index contributed by atoms with van der Waals surface area (Å²) >= 11 is 0. The molecule has 0 amide bonds. The van der Waals surface area contributed by atoms with Crippen LogP contribution in [-0.4, -0.2) is 58.4 Å². The molecule has 0 radical (unpaired) electrons. The summed E-state index contributed by atoms with van der Waals surface area (Å²) in [6.07, 6.45) is -5.36. The minimum Gasteiger partial charge on any atom is -0.394 e. The Hall–Kier alpha value is -0.750. The quantitative estimate of drug-likeness (QED) is 0.482. The molecule has 7 heteroatoms. The van der Waals surface area contributed by atoms with Crippen molar-refractivity contribution in [1.82, 2.24) is 0 Å². The fourth-order valence-corrected chi connectivity index (χ4v) is 1.84.